The molecule has 4 nitrogen and oxygen atoms in total. The van der Waals surface area contributed by atoms with Gasteiger partial charge in [-0.2, -0.15) is 0 Å². The molecule has 0 amide bonds. The highest BCUT2D eigenvalue weighted by Gasteiger charge is 2.54. The topological polar surface area (TPSA) is 36.9 Å². The number of fused-ring (bicyclic) bond motifs is 3. The summed E-state index contributed by atoms with van der Waals surface area (Å²) in [5.41, 5.74) is 0.0624. The molecule has 0 N–H and O–H groups in total. The van der Waals surface area contributed by atoms with Crippen LogP contribution in [0, 0.1) is 11.3 Å². The summed E-state index contributed by atoms with van der Waals surface area (Å²) in [4.78, 5) is 0. The maximum absolute atomic E-state index is 5.81. The molecular weight excluding hydrogens is 196 g/mol. The molecule has 0 atom stereocenters. The SMILES string of the molecule is CC12COC(C3CCOCC3)(OC1)OC2. The lowest BCUT2D eigenvalue weighted by Gasteiger charge is -2.53. The van der Waals surface area contributed by atoms with E-state index in [9.17, 15) is 0 Å². The lowest BCUT2D eigenvalue weighted by molar-refractivity contribution is -0.486. The van der Waals surface area contributed by atoms with Gasteiger partial charge in [-0.3, -0.25) is 0 Å². The Bertz CT molecular complexity index is 222. The molecule has 0 aromatic heterocycles. The van der Waals surface area contributed by atoms with E-state index < -0.39 is 5.97 Å². The van der Waals surface area contributed by atoms with Gasteiger partial charge >= 0.3 is 0 Å². The maximum Gasteiger partial charge on any atom is 0.286 e. The monoisotopic (exact) mass is 214 g/mol. The lowest BCUT2D eigenvalue weighted by atomic mass is 9.88. The fourth-order valence-corrected chi connectivity index (χ4v) is 2.48. The second-order valence-electron chi connectivity index (χ2n) is 5.17. The van der Waals surface area contributed by atoms with Gasteiger partial charge in [-0.15, -0.1) is 0 Å². The van der Waals surface area contributed by atoms with Crippen molar-refractivity contribution in [2.45, 2.75) is 25.7 Å². The summed E-state index contributed by atoms with van der Waals surface area (Å²) < 4.78 is 22.8. The van der Waals surface area contributed by atoms with E-state index >= 15 is 0 Å². The highest BCUT2D eigenvalue weighted by atomic mass is 16.9. The van der Waals surface area contributed by atoms with Crippen LogP contribution in [0.2, 0.25) is 0 Å². The van der Waals surface area contributed by atoms with E-state index in [0.29, 0.717) is 5.92 Å². The van der Waals surface area contributed by atoms with Gasteiger partial charge in [0, 0.05) is 24.5 Å². The number of rotatable bonds is 1. The molecule has 4 rings (SSSR count). The summed E-state index contributed by atoms with van der Waals surface area (Å²) >= 11 is 0. The lowest BCUT2D eigenvalue weighted by Crippen LogP contribution is -2.62. The molecule has 4 aliphatic heterocycles. The first-order valence-corrected chi connectivity index (χ1v) is 5.72. The van der Waals surface area contributed by atoms with E-state index in [4.69, 9.17) is 18.9 Å². The van der Waals surface area contributed by atoms with E-state index in [-0.39, 0.29) is 5.41 Å². The zero-order chi connectivity index (χ0) is 10.4. The van der Waals surface area contributed by atoms with E-state index in [1.807, 2.05) is 0 Å². The highest BCUT2D eigenvalue weighted by molar-refractivity contribution is 4.88. The Labute approximate surface area is 89.8 Å². The average Bonchev–Trinajstić information content (AvgIpc) is 2.32. The van der Waals surface area contributed by atoms with Gasteiger partial charge < -0.3 is 18.9 Å². The second kappa shape index (κ2) is 3.42. The van der Waals surface area contributed by atoms with Crippen LogP contribution in [0.5, 0.6) is 0 Å². The molecule has 2 bridgehead atoms. The first kappa shape index (κ1) is 10.0. The van der Waals surface area contributed by atoms with E-state index in [1.165, 1.54) is 0 Å². The summed E-state index contributed by atoms with van der Waals surface area (Å²) in [6, 6.07) is 0. The third-order valence-corrected chi connectivity index (χ3v) is 3.59. The molecule has 4 heteroatoms. The molecule has 86 valence electrons. The highest BCUT2D eigenvalue weighted by Crippen LogP contribution is 2.44. The quantitative estimate of drug-likeness (QED) is 0.656. The molecule has 0 aromatic carbocycles. The van der Waals surface area contributed by atoms with Crippen molar-refractivity contribution in [2.24, 2.45) is 11.3 Å². The molecule has 0 unspecified atom stereocenters. The van der Waals surface area contributed by atoms with Crippen LogP contribution in [0.1, 0.15) is 19.8 Å². The van der Waals surface area contributed by atoms with Gasteiger partial charge in [-0.05, 0) is 12.8 Å². The van der Waals surface area contributed by atoms with Crippen LogP contribution in [-0.4, -0.2) is 39.0 Å². The fraction of sp³-hybridized carbons (Fsp3) is 1.00. The third kappa shape index (κ3) is 1.60. The Balaban J connectivity index is 1.74. The minimum Gasteiger partial charge on any atom is -0.381 e. The van der Waals surface area contributed by atoms with E-state index in [2.05, 4.69) is 6.92 Å². The van der Waals surface area contributed by atoms with Crippen LogP contribution in [0.4, 0.5) is 0 Å². The van der Waals surface area contributed by atoms with Crippen LogP contribution >= 0.6 is 0 Å². The Hall–Kier alpha value is -0.160. The molecule has 0 saturated carbocycles. The minimum absolute atomic E-state index is 0.0624. The molecule has 0 radical (unpaired) electrons. The number of ether oxygens (including phenoxy) is 4. The predicted octanol–water partition coefficient (Wildman–Crippen LogP) is 1.15. The van der Waals surface area contributed by atoms with Crippen molar-refractivity contribution in [1.29, 1.82) is 0 Å². The first-order chi connectivity index (χ1) is 7.23. The maximum atomic E-state index is 5.81. The molecule has 4 saturated heterocycles. The van der Waals surface area contributed by atoms with Gasteiger partial charge in [0.05, 0.1) is 19.8 Å². The minimum atomic E-state index is -0.748. The summed E-state index contributed by atoms with van der Waals surface area (Å²) in [7, 11) is 0. The molecule has 4 fully saturated rings. The summed E-state index contributed by atoms with van der Waals surface area (Å²) in [5.74, 6) is -0.419. The number of hydrogen-bond acceptors (Lipinski definition) is 4. The average molecular weight is 214 g/mol. The molecule has 0 spiro atoms. The van der Waals surface area contributed by atoms with Crippen molar-refractivity contribution in [3.8, 4) is 0 Å². The number of hydrogen-bond donors (Lipinski definition) is 0. The second-order valence-corrected chi connectivity index (χ2v) is 5.17. The van der Waals surface area contributed by atoms with Crippen LogP contribution in [0.15, 0.2) is 0 Å². The summed E-state index contributed by atoms with van der Waals surface area (Å²) in [6.45, 7) is 5.98. The van der Waals surface area contributed by atoms with Gasteiger partial charge in [-0.1, -0.05) is 6.92 Å². The van der Waals surface area contributed by atoms with Crippen LogP contribution < -0.4 is 0 Å². The zero-order valence-corrected chi connectivity index (χ0v) is 9.16. The predicted molar refractivity (Wildman–Crippen MR) is 52.2 cm³/mol. The summed E-state index contributed by atoms with van der Waals surface area (Å²) in [6.07, 6.45) is 1.94. The van der Waals surface area contributed by atoms with E-state index in [1.54, 1.807) is 0 Å². The Morgan fingerprint density at radius 2 is 1.47 bits per heavy atom. The van der Waals surface area contributed by atoms with Crippen molar-refractivity contribution in [3.05, 3.63) is 0 Å². The van der Waals surface area contributed by atoms with Crippen molar-refractivity contribution in [1.82, 2.24) is 0 Å². The third-order valence-electron chi connectivity index (χ3n) is 3.59. The van der Waals surface area contributed by atoms with Crippen molar-refractivity contribution < 1.29 is 18.9 Å². The molecule has 0 aliphatic carbocycles. The largest absolute Gasteiger partial charge is 0.381 e. The normalized spacial score (nSPS) is 47.0. The van der Waals surface area contributed by atoms with Crippen LogP contribution in [0.3, 0.4) is 0 Å². The van der Waals surface area contributed by atoms with E-state index in [0.717, 1.165) is 45.9 Å². The van der Waals surface area contributed by atoms with Gasteiger partial charge in [0.2, 0.25) is 0 Å². The van der Waals surface area contributed by atoms with Gasteiger partial charge in [0.15, 0.2) is 0 Å². The van der Waals surface area contributed by atoms with Gasteiger partial charge in [-0.25, -0.2) is 0 Å². The summed E-state index contributed by atoms with van der Waals surface area (Å²) in [5, 5.41) is 0. The van der Waals surface area contributed by atoms with Crippen molar-refractivity contribution in [3.63, 3.8) is 0 Å². The molecule has 4 heterocycles. The zero-order valence-electron chi connectivity index (χ0n) is 9.16. The Morgan fingerprint density at radius 3 is 2.00 bits per heavy atom. The first-order valence-electron chi connectivity index (χ1n) is 5.72. The Morgan fingerprint density at radius 1 is 0.933 bits per heavy atom. The standard InChI is InChI=1S/C11H18O4/c1-10-6-13-11(14-7-10,15-8-10)9-2-4-12-5-3-9/h9H,2-8H2,1H3. The van der Waals surface area contributed by atoms with Crippen molar-refractivity contribution in [2.75, 3.05) is 33.0 Å². The van der Waals surface area contributed by atoms with Gasteiger partial charge in [0.25, 0.3) is 5.97 Å². The van der Waals surface area contributed by atoms with Gasteiger partial charge in [0.1, 0.15) is 0 Å². The van der Waals surface area contributed by atoms with Crippen molar-refractivity contribution >= 4 is 0 Å². The smallest absolute Gasteiger partial charge is 0.286 e. The molecular formula is C11H18O4. The molecule has 15 heavy (non-hydrogen) atoms. The molecule has 4 aliphatic rings. The molecule has 0 aromatic rings. The Kier molecular flexibility index (Phi) is 2.28. The van der Waals surface area contributed by atoms with Crippen LogP contribution in [-0.2, 0) is 18.9 Å². The fourth-order valence-electron chi connectivity index (χ4n) is 2.48. The van der Waals surface area contributed by atoms with Crippen LogP contribution in [0.25, 0.3) is 0 Å².